The van der Waals surface area contributed by atoms with Crippen molar-refractivity contribution in [2.75, 3.05) is 33.7 Å². The molecule has 0 unspecified atom stereocenters. The normalized spacial score (nSPS) is 32.8. The van der Waals surface area contributed by atoms with E-state index in [4.69, 9.17) is 0 Å². The van der Waals surface area contributed by atoms with Crippen molar-refractivity contribution in [1.29, 1.82) is 0 Å². The molecular weight excluding hydrogens is 162 g/mol. The average molecular weight is 185 g/mol. The van der Waals surface area contributed by atoms with Gasteiger partial charge in [-0.15, -0.1) is 0 Å². The van der Waals surface area contributed by atoms with Crippen LogP contribution in [0.15, 0.2) is 0 Å². The minimum atomic E-state index is 0.677. The second kappa shape index (κ2) is 4.40. The van der Waals surface area contributed by atoms with Gasteiger partial charge in [0, 0.05) is 39.3 Å². The first-order valence-electron chi connectivity index (χ1n) is 5.24. The van der Waals surface area contributed by atoms with E-state index in [1.165, 1.54) is 6.54 Å². The lowest BCUT2D eigenvalue weighted by Gasteiger charge is -2.46. The van der Waals surface area contributed by atoms with Gasteiger partial charge in [0.05, 0.1) is 0 Å². The lowest BCUT2D eigenvalue weighted by atomic mass is 10.1. The molecule has 0 aliphatic carbocycles. The van der Waals surface area contributed by atoms with Crippen LogP contribution in [-0.2, 0) is 0 Å². The molecule has 1 fully saturated rings. The van der Waals surface area contributed by atoms with Crippen molar-refractivity contribution in [2.24, 2.45) is 0 Å². The maximum absolute atomic E-state index is 2.57. The van der Waals surface area contributed by atoms with Crippen LogP contribution < -0.4 is 0 Å². The first kappa shape index (κ1) is 11.0. The first-order valence-corrected chi connectivity index (χ1v) is 5.24. The summed E-state index contributed by atoms with van der Waals surface area (Å²) < 4.78 is 0. The van der Waals surface area contributed by atoms with E-state index in [9.17, 15) is 0 Å². The van der Waals surface area contributed by atoms with Gasteiger partial charge in [-0.1, -0.05) is 6.92 Å². The summed E-state index contributed by atoms with van der Waals surface area (Å²) in [7, 11) is 4.25. The van der Waals surface area contributed by atoms with Gasteiger partial charge in [-0.05, 0) is 20.4 Å². The standard InChI is InChI=1S/C10H23N3/c1-6-13-9(2)7-12(11(4)5)8-10(13)3/h9-10H,6-8H2,1-5H3/t9-,10-/m0/s1. The Hall–Kier alpha value is -0.120. The van der Waals surface area contributed by atoms with Crippen LogP contribution in [0.1, 0.15) is 20.8 Å². The molecule has 2 atom stereocenters. The highest BCUT2D eigenvalue weighted by atomic mass is 15.6. The van der Waals surface area contributed by atoms with Gasteiger partial charge in [-0.3, -0.25) is 4.90 Å². The van der Waals surface area contributed by atoms with Gasteiger partial charge >= 0.3 is 0 Å². The molecule has 0 bridgehead atoms. The van der Waals surface area contributed by atoms with Crippen molar-refractivity contribution in [3.63, 3.8) is 0 Å². The van der Waals surface area contributed by atoms with E-state index in [2.05, 4.69) is 49.8 Å². The topological polar surface area (TPSA) is 9.72 Å². The summed E-state index contributed by atoms with van der Waals surface area (Å²) in [6, 6.07) is 1.35. The zero-order valence-electron chi connectivity index (χ0n) is 9.62. The Morgan fingerprint density at radius 3 is 1.92 bits per heavy atom. The molecule has 0 radical (unpaired) electrons. The van der Waals surface area contributed by atoms with Crippen LogP contribution in [0.2, 0.25) is 0 Å². The lowest BCUT2D eigenvalue weighted by Crippen LogP contribution is -2.59. The summed E-state index contributed by atoms with van der Waals surface area (Å²) >= 11 is 0. The lowest BCUT2D eigenvalue weighted by molar-refractivity contribution is -0.0629. The fourth-order valence-electron chi connectivity index (χ4n) is 2.28. The minimum absolute atomic E-state index is 0.677. The van der Waals surface area contributed by atoms with Gasteiger partial charge in [-0.25, -0.2) is 10.0 Å². The fraction of sp³-hybridized carbons (Fsp3) is 1.00. The van der Waals surface area contributed by atoms with Crippen molar-refractivity contribution < 1.29 is 0 Å². The number of hydrogen-bond acceptors (Lipinski definition) is 3. The summed E-state index contributed by atoms with van der Waals surface area (Å²) in [5.41, 5.74) is 0. The van der Waals surface area contributed by atoms with Crippen molar-refractivity contribution in [1.82, 2.24) is 14.9 Å². The van der Waals surface area contributed by atoms with Gasteiger partial charge in [0.2, 0.25) is 0 Å². The highest BCUT2D eigenvalue weighted by Crippen LogP contribution is 2.15. The summed E-state index contributed by atoms with van der Waals surface area (Å²) in [6.07, 6.45) is 0. The van der Waals surface area contributed by atoms with E-state index in [0.717, 1.165) is 13.1 Å². The second-order valence-electron chi connectivity index (χ2n) is 4.25. The predicted molar refractivity (Wildman–Crippen MR) is 56.6 cm³/mol. The minimum Gasteiger partial charge on any atom is -0.296 e. The molecular formula is C10H23N3. The van der Waals surface area contributed by atoms with Crippen molar-refractivity contribution in [3.8, 4) is 0 Å². The van der Waals surface area contributed by atoms with Crippen LogP contribution in [0, 0.1) is 0 Å². The molecule has 78 valence electrons. The third kappa shape index (κ3) is 2.42. The predicted octanol–water partition coefficient (Wildman–Crippen LogP) is 0.878. The Labute approximate surface area is 82.3 Å². The van der Waals surface area contributed by atoms with Crippen LogP contribution in [0.4, 0.5) is 0 Å². The number of hydrogen-bond donors (Lipinski definition) is 0. The van der Waals surface area contributed by atoms with E-state index in [1.807, 2.05) is 0 Å². The molecule has 3 heteroatoms. The number of likely N-dealkylation sites (N-methyl/N-ethyl adjacent to an activating group) is 1. The van der Waals surface area contributed by atoms with Crippen LogP contribution in [-0.4, -0.2) is 60.7 Å². The van der Waals surface area contributed by atoms with Crippen LogP contribution >= 0.6 is 0 Å². The zero-order valence-corrected chi connectivity index (χ0v) is 9.62. The molecule has 0 aromatic rings. The van der Waals surface area contributed by atoms with E-state index in [1.54, 1.807) is 0 Å². The Morgan fingerprint density at radius 2 is 1.62 bits per heavy atom. The van der Waals surface area contributed by atoms with Gasteiger partial charge in [-0.2, -0.15) is 0 Å². The Bertz CT molecular complexity index is 146. The molecule has 0 N–H and O–H groups in total. The summed E-state index contributed by atoms with van der Waals surface area (Å²) in [5, 5.41) is 4.63. The molecule has 1 saturated heterocycles. The third-order valence-electron chi connectivity index (χ3n) is 3.01. The molecule has 0 aromatic heterocycles. The molecule has 0 aromatic carbocycles. The Kier molecular flexibility index (Phi) is 3.71. The number of hydrazine groups is 1. The highest BCUT2D eigenvalue weighted by Gasteiger charge is 2.28. The molecule has 13 heavy (non-hydrogen) atoms. The second-order valence-corrected chi connectivity index (χ2v) is 4.25. The summed E-state index contributed by atoms with van der Waals surface area (Å²) in [5.74, 6) is 0. The maximum atomic E-state index is 2.57. The van der Waals surface area contributed by atoms with Crippen molar-refractivity contribution in [3.05, 3.63) is 0 Å². The molecule has 1 aliphatic heterocycles. The Balaban J connectivity index is 2.56. The zero-order chi connectivity index (χ0) is 10.0. The van der Waals surface area contributed by atoms with Gasteiger partial charge in [0.15, 0.2) is 0 Å². The van der Waals surface area contributed by atoms with Gasteiger partial charge in [0.1, 0.15) is 0 Å². The van der Waals surface area contributed by atoms with Crippen LogP contribution in [0.25, 0.3) is 0 Å². The Morgan fingerprint density at radius 1 is 1.15 bits per heavy atom. The van der Waals surface area contributed by atoms with Crippen LogP contribution in [0.5, 0.6) is 0 Å². The smallest absolute Gasteiger partial charge is 0.0287 e. The molecule has 1 aliphatic rings. The van der Waals surface area contributed by atoms with Gasteiger partial charge < -0.3 is 0 Å². The summed E-state index contributed by atoms with van der Waals surface area (Å²) in [4.78, 5) is 2.57. The maximum Gasteiger partial charge on any atom is 0.0287 e. The first-order chi connectivity index (χ1) is 6.06. The third-order valence-corrected chi connectivity index (χ3v) is 3.01. The molecule has 0 spiro atoms. The van der Waals surface area contributed by atoms with E-state index < -0.39 is 0 Å². The molecule has 0 amide bonds. The highest BCUT2D eigenvalue weighted by molar-refractivity contribution is 4.82. The van der Waals surface area contributed by atoms with E-state index >= 15 is 0 Å². The molecule has 1 heterocycles. The van der Waals surface area contributed by atoms with Crippen molar-refractivity contribution in [2.45, 2.75) is 32.9 Å². The molecule has 3 nitrogen and oxygen atoms in total. The van der Waals surface area contributed by atoms with Crippen molar-refractivity contribution >= 4 is 0 Å². The monoisotopic (exact) mass is 185 g/mol. The summed E-state index contributed by atoms with van der Waals surface area (Å²) in [6.45, 7) is 10.4. The van der Waals surface area contributed by atoms with Crippen LogP contribution in [0.3, 0.4) is 0 Å². The SMILES string of the molecule is CCN1[C@@H](C)CN(N(C)C)C[C@@H]1C. The van der Waals surface area contributed by atoms with E-state index in [0.29, 0.717) is 12.1 Å². The number of rotatable bonds is 2. The number of piperazine rings is 1. The average Bonchev–Trinajstić information content (AvgIpc) is 2.03. The fourth-order valence-corrected chi connectivity index (χ4v) is 2.28. The molecule has 0 saturated carbocycles. The number of nitrogens with zero attached hydrogens (tertiary/aromatic N) is 3. The largest absolute Gasteiger partial charge is 0.296 e. The quantitative estimate of drug-likeness (QED) is 0.632. The molecule has 1 rings (SSSR count). The van der Waals surface area contributed by atoms with E-state index in [-0.39, 0.29) is 0 Å². The van der Waals surface area contributed by atoms with Gasteiger partial charge in [0.25, 0.3) is 0 Å².